The Bertz CT molecular complexity index is 2350. The first kappa shape index (κ1) is 23.7. The summed E-state index contributed by atoms with van der Waals surface area (Å²) in [4.78, 5) is 10.4. The lowest BCUT2D eigenvalue weighted by molar-refractivity contribution is 0.757. The topological polar surface area (TPSA) is 30.7 Å². The zero-order valence-electron chi connectivity index (χ0n) is 23.8. The number of benzene rings is 6. The summed E-state index contributed by atoms with van der Waals surface area (Å²) in [6.07, 6.45) is 2.04. The van der Waals surface area contributed by atoms with Crippen LogP contribution in [0.3, 0.4) is 0 Å². The van der Waals surface area contributed by atoms with E-state index in [4.69, 9.17) is 9.97 Å². The van der Waals surface area contributed by atoms with Crippen LogP contribution in [0.15, 0.2) is 152 Å². The zero-order chi connectivity index (χ0) is 28.8. The van der Waals surface area contributed by atoms with Gasteiger partial charge in [0.15, 0.2) is 5.82 Å². The van der Waals surface area contributed by atoms with Crippen LogP contribution < -0.4 is 0 Å². The Labute approximate surface area is 254 Å². The molecule has 0 saturated heterocycles. The van der Waals surface area contributed by atoms with Crippen molar-refractivity contribution in [2.45, 2.75) is 5.41 Å². The average molecular weight is 560 g/mol. The normalized spacial score (nSPS) is 13.6. The van der Waals surface area contributed by atoms with Gasteiger partial charge in [0, 0.05) is 33.8 Å². The van der Waals surface area contributed by atoms with Crippen molar-refractivity contribution in [3.8, 4) is 39.3 Å². The molecule has 0 fully saturated rings. The molecule has 0 saturated carbocycles. The van der Waals surface area contributed by atoms with Gasteiger partial charge in [-0.05, 0) is 57.6 Å². The summed E-state index contributed by atoms with van der Waals surface area (Å²) in [6.45, 7) is 0. The smallest absolute Gasteiger partial charge is 0.159 e. The highest BCUT2D eigenvalue weighted by Crippen LogP contribution is 2.62. The largest absolute Gasteiger partial charge is 0.309 e. The van der Waals surface area contributed by atoms with Gasteiger partial charge in [-0.3, -0.25) is 0 Å². The van der Waals surface area contributed by atoms with Gasteiger partial charge in [0.25, 0.3) is 0 Å². The van der Waals surface area contributed by atoms with Crippen molar-refractivity contribution < 1.29 is 0 Å². The molecule has 1 spiro atoms. The maximum absolute atomic E-state index is 5.45. The molecule has 0 N–H and O–H groups in total. The quantitative estimate of drug-likeness (QED) is 0.211. The second kappa shape index (κ2) is 8.62. The first-order valence-corrected chi connectivity index (χ1v) is 15.1. The molecule has 2 aliphatic carbocycles. The van der Waals surface area contributed by atoms with Crippen molar-refractivity contribution in [2.75, 3.05) is 0 Å². The van der Waals surface area contributed by atoms with Crippen LogP contribution in [0.1, 0.15) is 22.4 Å². The summed E-state index contributed by atoms with van der Waals surface area (Å²) in [5.41, 5.74) is 13.7. The maximum atomic E-state index is 5.45. The fourth-order valence-electron chi connectivity index (χ4n) is 7.92. The lowest BCUT2D eigenvalue weighted by Crippen LogP contribution is -2.27. The van der Waals surface area contributed by atoms with Crippen LogP contribution in [0.2, 0.25) is 0 Å². The fraction of sp³-hybridized carbons (Fsp3) is 0.0244. The highest BCUT2D eigenvalue weighted by Gasteiger charge is 2.53. The van der Waals surface area contributed by atoms with Crippen molar-refractivity contribution in [2.24, 2.45) is 0 Å². The van der Waals surface area contributed by atoms with Crippen molar-refractivity contribution in [3.05, 3.63) is 174 Å². The predicted octanol–water partition coefficient (Wildman–Crippen LogP) is 9.58. The van der Waals surface area contributed by atoms with Crippen molar-refractivity contribution in [3.63, 3.8) is 0 Å². The van der Waals surface area contributed by atoms with Crippen molar-refractivity contribution >= 4 is 21.8 Å². The molecule has 204 valence electrons. The molecule has 0 radical (unpaired) electrons. The standard InChI is InChI=1S/C41H25N3/c1-2-12-26(13-3-1)40-42-25-33-30-23-22-27(44-37-20-10-6-16-31(37)32-17-7-11-21-38(32)44)24-36(30)41(39(33)43-40)34-18-8-4-14-28(34)29-15-5-9-19-35(29)41/h1-25H. The fourth-order valence-corrected chi connectivity index (χ4v) is 7.92. The summed E-state index contributed by atoms with van der Waals surface area (Å²) < 4.78 is 2.41. The summed E-state index contributed by atoms with van der Waals surface area (Å²) in [5, 5.41) is 2.52. The molecule has 0 aliphatic heterocycles. The number of rotatable bonds is 2. The van der Waals surface area contributed by atoms with E-state index in [1.165, 1.54) is 55.2 Å². The van der Waals surface area contributed by atoms with Crippen molar-refractivity contribution in [1.82, 2.24) is 14.5 Å². The number of aromatic nitrogens is 3. The van der Waals surface area contributed by atoms with E-state index in [-0.39, 0.29) is 0 Å². The van der Waals surface area contributed by atoms with Crippen LogP contribution in [0.4, 0.5) is 0 Å². The van der Waals surface area contributed by atoms with E-state index in [2.05, 4.69) is 144 Å². The third-order valence-corrected chi connectivity index (χ3v) is 9.66. The second-order valence-corrected chi connectivity index (χ2v) is 11.8. The Morgan fingerprint density at radius 1 is 0.477 bits per heavy atom. The van der Waals surface area contributed by atoms with Gasteiger partial charge in [-0.25, -0.2) is 9.97 Å². The number of nitrogens with zero attached hydrogens (tertiary/aromatic N) is 3. The molecule has 44 heavy (non-hydrogen) atoms. The molecule has 2 aromatic heterocycles. The minimum absolute atomic E-state index is 0.556. The number of hydrogen-bond acceptors (Lipinski definition) is 2. The summed E-state index contributed by atoms with van der Waals surface area (Å²) in [7, 11) is 0. The molecule has 0 amide bonds. The minimum Gasteiger partial charge on any atom is -0.309 e. The third-order valence-electron chi connectivity index (χ3n) is 9.66. The molecule has 8 aromatic rings. The van der Waals surface area contributed by atoms with Gasteiger partial charge in [0.05, 0.1) is 22.1 Å². The van der Waals surface area contributed by atoms with Gasteiger partial charge in [0.1, 0.15) is 0 Å². The van der Waals surface area contributed by atoms with Crippen LogP contribution in [0.25, 0.3) is 61.1 Å². The summed E-state index contributed by atoms with van der Waals surface area (Å²) in [6, 6.07) is 52.5. The van der Waals surface area contributed by atoms with E-state index >= 15 is 0 Å². The summed E-state index contributed by atoms with van der Waals surface area (Å²) >= 11 is 0. The van der Waals surface area contributed by atoms with E-state index in [0.29, 0.717) is 0 Å². The monoisotopic (exact) mass is 559 g/mol. The molecule has 2 aliphatic rings. The number of hydrogen-bond donors (Lipinski definition) is 0. The van der Waals surface area contributed by atoms with Gasteiger partial charge in [-0.1, -0.05) is 121 Å². The number of para-hydroxylation sites is 2. The van der Waals surface area contributed by atoms with Crippen LogP contribution in [-0.4, -0.2) is 14.5 Å². The average Bonchev–Trinajstić information content (AvgIpc) is 3.70. The van der Waals surface area contributed by atoms with E-state index in [9.17, 15) is 0 Å². The molecule has 3 heteroatoms. The van der Waals surface area contributed by atoms with Crippen LogP contribution in [0.5, 0.6) is 0 Å². The Morgan fingerprint density at radius 2 is 1.05 bits per heavy atom. The lowest BCUT2D eigenvalue weighted by atomic mass is 9.72. The Morgan fingerprint density at radius 3 is 1.73 bits per heavy atom. The first-order chi connectivity index (χ1) is 21.8. The molecular weight excluding hydrogens is 534 g/mol. The van der Waals surface area contributed by atoms with Crippen molar-refractivity contribution in [1.29, 1.82) is 0 Å². The van der Waals surface area contributed by atoms with Gasteiger partial charge < -0.3 is 4.57 Å². The van der Waals surface area contributed by atoms with E-state index in [1.807, 2.05) is 12.3 Å². The van der Waals surface area contributed by atoms with Gasteiger partial charge >= 0.3 is 0 Å². The molecular formula is C41H25N3. The van der Waals surface area contributed by atoms with Crippen LogP contribution >= 0.6 is 0 Å². The van der Waals surface area contributed by atoms with E-state index in [1.54, 1.807) is 0 Å². The highest BCUT2D eigenvalue weighted by atomic mass is 15.0. The molecule has 0 unspecified atom stereocenters. The highest BCUT2D eigenvalue weighted by molar-refractivity contribution is 6.09. The predicted molar refractivity (Wildman–Crippen MR) is 178 cm³/mol. The molecule has 2 heterocycles. The Kier molecular flexibility index (Phi) is 4.65. The third kappa shape index (κ3) is 2.91. The summed E-state index contributed by atoms with van der Waals surface area (Å²) in [5.74, 6) is 0.751. The van der Waals surface area contributed by atoms with Crippen LogP contribution in [-0.2, 0) is 5.41 Å². The molecule has 3 nitrogen and oxygen atoms in total. The molecule has 0 bridgehead atoms. The minimum atomic E-state index is -0.556. The Hall–Kier alpha value is -5.80. The van der Waals surface area contributed by atoms with Gasteiger partial charge in [-0.15, -0.1) is 0 Å². The molecule has 10 rings (SSSR count). The number of fused-ring (bicyclic) bond motifs is 13. The lowest BCUT2D eigenvalue weighted by Gasteiger charge is -2.29. The first-order valence-electron chi connectivity index (χ1n) is 15.1. The maximum Gasteiger partial charge on any atom is 0.159 e. The van der Waals surface area contributed by atoms with Gasteiger partial charge in [-0.2, -0.15) is 0 Å². The van der Waals surface area contributed by atoms with Crippen LogP contribution in [0, 0.1) is 0 Å². The van der Waals surface area contributed by atoms with E-state index in [0.717, 1.165) is 28.3 Å². The SMILES string of the molecule is c1ccc(-c2ncc3c(n2)C2(c4ccccc4-c4ccccc42)c2cc(-n4c5ccccc5c5ccccc54)ccc2-3)cc1. The Balaban J connectivity index is 1.33. The second-order valence-electron chi connectivity index (χ2n) is 11.8. The van der Waals surface area contributed by atoms with E-state index < -0.39 is 5.41 Å². The zero-order valence-corrected chi connectivity index (χ0v) is 23.8. The molecule has 0 atom stereocenters. The van der Waals surface area contributed by atoms with Gasteiger partial charge in [0.2, 0.25) is 0 Å². The molecule has 6 aromatic carbocycles.